The SMILES string of the molecule is Cc1nc(CNC(=O)c2cc3c(cc2N)OCO3)no1. The smallest absolute Gasteiger partial charge is 0.253 e. The van der Waals surface area contributed by atoms with Crippen molar-refractivity contribution in [3.63, 3.8) is 0 Å². The number of fused-ring (bicyclic) bond motifs is 1. The fraction of sp³-hybridized carbons (Fsp3) is 0.250. The van der Waals surface area contributed by atoms with Crippen molar-refractivity contribution in [1.29, 1.82) is 0 Å². The average Bonchev–Trinajstić information content (AvgIpc) is 3.03. The summed E-state index contributed by atoms with van der Waals surface area (Å²) in [5, 5.41) is 6.35. The second kappa shape index (κ2) is 4.72. The molecule has 1 aromatic heterocycles. The van der Waals surface area contributed by atoms with Crippen LogP contribution in [-0.2, 0) is 6.54 Å². The number of aryl methyl sites for hydroxylation is 1. The highest BCUT2D eigenvalue weighted by molar-refractivity contribution is 6.00. The molecule has 1 aliphatic heterocycles. The van der Waals surface area contributed by atoms with Crippen LogP contribution in [-0.4, -0.2) is 22.8 Å². The van der Waals surface area contributed by atoms with Crippen LogP contribution < -0.4 is 20.5 Å². The highest BCUT2D eigenvalue weighted by Gasteiger charge is 2.19. The topological polar surface area (TPSA) is 113 Å². The van der Waals surface area contributed by atoms with Gasteiger partial charge in [-0.2, -0.15) is 4.98 Å². The summed E-state index contributed by atoms with van der Waals surface area (Å²) in [7, 11) is 0. The van der Waals surface area contributed by atoms with Gasteiger partial charge in [-0.3, -0.25) is 4.79 Å². The minimum atomic E-state index is -0.344. The lowest BCUT2D eigenvalue weighted by atomic mass is 10.1. The summed E-state index contributed by atoms with van der Waals surface area (Å²) in [5.74, 6) is 1.53. The molecule has 2 aromatic rings. The van der Waals surface area contributed by atoms with Crippen LogP contribution in [0.2, 0.25) is 0 Å². The minimum Gasteiger partial charge on any atom is -0.454 e. The van der Waals surface area contributed by atoms with E-state index in [0.29, 0.717) is 34.5 Å². The Morgan fingerprint density at radius 1 is 1.40 bits per heavy atom. The van der Waals surface area contributed by atoms with Crippen molar-refractivity contribution in [3.8, 4) is 11.5 Å². The lowest BCUT2D eigenvalue weighted by Gasteiger charge is -2.07. The zero-order chi connectivity index (χ0) is 14.1. The molecule has 0 bridgehead atoms. The van der Waals surface area contributed by atoms with Crippen molar-refractivity contribution >= 4 is 11.6 Å². The minimum absolute atomic E-state index is 0.127. The first-order chi connectivity index (χ1) is 9.63. The van der Waals surface area contributed by atoms with E-state index in [9.17, 15) is 4.79 Å². The zero-order valence-electron chi connectivity index (χ0n) is 10.7. The molecule has 0 atom stereocenters. The van der Waals surface area contributed by atoms with Crippen LogP contribution in [0.15, 0.2) is 16.7 Å². The van der Waals surface area contributed by atoms with Crippen LogP contribution in [0, 0.1) is 6.92 Å². The molecule has 1 aliphatic rings. The number of anilines is 1. The van der Waals surface area contributed by atoms with Gasteiger partial charge in [0.25, 0.3) is 5.91 Å². The van der Waals surface area contributed by atoms with Gasteiger partial charge in [-0.25, -0.2) is 0 Å². The molecule has 2 heterocycles. The number of carbonyl (C=O) groups is 1. The number of carbonyl (C=O) groups excluding carboxylic acids is 1. The molecular formula is C12H12N4O4. The third-order valence-corrected chi connectivity index (χ3v) is 2.77. The number of aromatic nitrogens is 2. The van der Waals surface area contributed by atoms with E-state index in [-0.39, 0.29) is 19.2 Å². The van der Waals surface area contributed by atoms with Crippen LogP contribution in [0.3, 0.4) is 0 Å². The standard InChI is InChI=1S/C12H12N4O4/c1-6-15-11(16-20-6)4-14-12(17)7-2-9-10(3-8(7)13)19-5-18-9/h2-3H,4-5,13H2,1H3,(H,14,17). The first-order valence-electron chi connectivity index (χ1n) is 5.90. The van der Waals surface area contributed by atoms with E-state index in [1.807, 2.05) is 0 Å². The van der Waals surface area contributed by atoms with Gasteiger partial charge in [0.1, 0.15) is 0 Å². The van der Waals surface area contributed by atoms with Crippen LogP contribution in [0.1, 0.15) is 22.1 Å². The van der Waals surface area contributed by atoms with Gasteiger partial charge in [0, 0.05) is 18.7 Å². The second-order valence-corrected chi connectivity index (χ2v) is 4.21. The van der Waals surface area contributed by atoms with Crippen LogP contribution in [0.5, 0.6) is 11.5 Å². The number of nitrogens with zero attached hydrogens (tertiary/aromatic N) is 2. The number of ether oxygens (including phenoxy) is 2. The molecule has 0 aliphatic carbocycles. The quantitative estimate of drug-likeness (QED) is 0.790. The third-order valence-electron chi connectivity index (χ3n) is 2.77. The number of nitrogens with two attached hydrogens (primary N) is 1. The fourth-order valence-electron chi connectivity index (χ4n) is 1.82. The number of benzene rings is 1. The van der Waals surface area contributed by atoms with Crippen molar-refractivity contribution < 1.29 is 18.8 Å². The molecule has 3 N–H and O–H groups in total. The fourth-order valence-corrected chi connectivity index (χ4v) is 1.82. The van der Waals surface area contributed by atoms with Crippen molar-refractivity contribution in [2.24, 2.45) is 0 Å². The molecule has 3 rings (SSSR count). The largest absolute Gasteiger partial charge is 0.454 e. The average molecular weight is 276 g/mol. The molecule has 0 spiro atoms. The summed E-state index contributed by atoms with van der Waals surface area (Å²) in [6, 6.07) is 3.12. The Morgan fingerprint density at radius 3 is 2.85 bits per heavy atom. The van der Waals surface area contributed by atoms with E-state index in [2.05, 4.69) is 15.5 Å². The Kier molecular flexibility index (Phi) is 2.90. The first kappa shape index (κ1) is 12.3. The molecule has 104 valence electrons. The molecule has 0 unspecified atom stereocenters. The van der Waals surface area contributed by atoms with Crippen LogP contribution in [0.25, 0.3) is 0 Å². The maximum atomic E-state index is 12.1. The third kappa shape index (κ3) is 2.22. The highest BCUT2D eigenvalue weighted by Crippen LogP contribution is 2.35. The van der Waals surface area contributed by atoms with E-state index >= 15 is 0 Å². The summed E-state index contributed by atoms with van der Waals surface area (Å²) in [6.45, 7) is 1.96. The Labute approximate surface area is 113 Å². The summed E-state index contributed by atoms with van der Waals surface area (Å²) in [4.78, 5) is 16.1. The zero-order valence-corrected chi connectivity index (χ0v) is 10.7. The molecular weight excluding hydrogens is 264 g/mol. The van der Waals surface area contributed by atoms with Crippen molar-refractivity contribution in [2.75, 3.05) is 12.5 Å². The molecule has 0 saturated carbocycles. The van der Waals surface area contributed by atoms with E-state index in [1.165, 1.54) is 0 Å². The number of nitrogen functional groups attached to an aromatic ring is 1. The van der Waals surface area contributed by atoms with Crippen molar-refractivity contribution in [1.82, 2.24) is 15.5 Å². The number of rotatable bonds is 3. The van der Waals surface area contributed by atoms with Crippen LogP contribution in [0.4, 0.5) is 5.69 Å². The Bertz CT molecular complexity index is 667. The molecule has 0 fully saturated rings. The van der Waals surface area contributed by atoms with Gasteiger partial charge in [0.15, 0.2) is 17.3 Å². The number of amides is 1. The van der Waals surface area contributed by atoms with E-state index in [4.69, 9.17) is 19.7 Å². The van der Waals surface area contributed by atoms with Crippen LogP contribution >= 0.6 is 0 Å². The molecule has 1 aromatic carbocycles. The number of hydrogen-bond donors (Lipinski definition) is 2. The molecule has 20 heavy (non-hydrogen) atoms. The van der Waals surface area contributed by atoms with Gasteiger partial charge in [-0.1, -0.05) is 5.16 Å². The van der Waals surface area contributed by atoms with Crippen molar-refractivity contribution in [2.45, 2.75) is 13.5 Å². The molecule has 0 radical (unpaired) electrons. The number of nitrogens with one attached hydrogen (secondary N) is 1. The first-order valence-corrected chi connectivity index (χ1v) is 5.90. The van der Waals surface area contributed by atoms with Gasteiger partial charge in [-0.05, 0) is 6.07 Å². The predicted molar refractivity (Wildman–Crippen MR) is 67.2 cm³/mol. The Morgan fingerprint density at radius 2 is 2.15 bits per heavy atom. The molecule has 0 saturated heterocycles. The maximum Gasteiger partial charge on any atom is 0.253 e. The van der Waals surface area contributed by atoms with Gasteiger partial charge < -0.3 is 25.0 Å². The molecule has 8 nitrogen and oxygen atoms in total. The summed E-state index contributed by atoms with van der Waals surface area (Å²) in [5.41, 5.74) is 6.45. The monoisotopic (exact) mass is 276 g/mol. The van der Waals surface area contributed by atoms with Gasteiger partial charge in [0.2, 0.25) is 12.7 Å². The van der Waals surface area contributed by atoms with Gasteiger partial charge in [-0.15, -0.1) is 0 Å². The number of hydrogen-bond acceptors (Lipinski definition) is 7. The van der Waals surface area contributed by atoms with Gasteiger partial charge in [0.05, 0.1) is 12.1 Å². The summed E-state index contributed by atoms with van der Waals surface area (Å²) < 4.78 is 15.2. The lowest BCUT2D eigenvalue weighted by molar-refractivity contribution is 0.0950. The highest BCUT2D eigenvalue weighted by atomic mass is 16.7. The van der Waals surface area contributed by atoms with E-state index in [1.54, 1.807) is 19.1 Å². The van der Waals surface area contributed by atoms with Crippen molar-refractivity contribution in [3.05, 3.63) is 29.4 Å². The molecule has 1 amide bonds. The molecule has 8 heteroatoms. The second-order valence-electron chi connectivity index (χ2n) is 4.21. The Balaban J connectivity index is 1.74. The normalized spacial score (nSPS) is 12.4. The van der Waals surface area contributed by atoms with E-state index < -0.39 is 0 Å². The Hall–Kier alpha value is -2.77. The van der Waals surface area contributed by atoms with Gasteiger partial charge >= 0.3 is 0 Å². The summed E-state index contributed by atoms with van der Waals surface area (Å²) in [6.07, 6.45) is 0. The van der Waals surface area contributed by atoms with E-state index in [0.717, 1.165) is 0 Å². The maximum absolute atomic E-state index is 12.1. The lowest BCUT2D eigenvalue weighted by Crippen LogP contribution is -2.24. The predicted octanol–water partition coefficient (Wildman–Crippen LogP) is 0.619. The summed E-state index contributed by atoms with van der Waals surface area (Å²) >= 11 is 0.